The Morgan fingerprint density at radius 3 is 2.81 bits per heavy atom. The highest BCUT2D eigenvalue weighted by molar-refractivity contribution is 7.19. The third-order valence-corrected chi connectivity index (χ3v) is 8.54. The van der Waals surface area contributed by atoms with Gasteiger partial charge in [-0.25, -0.2) is 9.97 Å². The van der Waals surface area contributed by atoms with Crippen molar-refractivity contribution in [3.63, 3.8) is 0 Å². The molecule has 4 heterocycles. The molecule has 5 rings (SSSR count). The van der Waals surface area contributed by atoms with Crippen molar-refractivity contribution in [1.82, 2.24) is 14.9 Å². The largest absolute Gasteiger partial charge is 0.352 e. The normalized spacial score (nSPS) is 19.1. The predicted octanol–water partition coefficient (Wildman–Crippen LogP) is 5.18. The van der Waals surface area contributed by atoms with Gasteiger partial charge in [0.25, 0.3) is 5.91 Å². The lowest BCUT2D eigenvalue weighted by Crippen LogP contribution is -2.49. The van der Waals surface area contributed by atoms with Crippen molar-refractivity contribution in [2.24, 2.45) is 5.92 Å². The first kappa shape index (κ1) is 20.9. The number of hydrogen-bond acceptors (Lipinski definition) is 6. The lowest BCUT2D eigenvalue weighted by molar-refractivity contribution is 0.0751. The van der Waals surface area contributed by atoms with E-state index in [9.17, 15) is 4.79 Å². The molecular formula is C24H30N4OS2. The first-order valence-corrected chi connectivity index (χ1v) is 13.2. The summed E-state index contributed by atoms with van der Waals surface area (Å²) < 4.78 is 0. The van der Waals surface area contributed by atoms with Crippen LogP contribution in [-0.4, -0.2) is 47.0 Å². The van der Waals surface area contributed by atoms with Gasteiger partial charge in [-0.2, -0.15) is 0 Å². The molecule has 31 heavy (non-hydrogen) atoms. The number of fused-ring (bicyclic) bond motifs is 3. The Bertz CT molecular complexity index is 1070. The van der Waals surface area contributed by atoms with Crippen LogP contribution in [0.4, 0.5) is 5.82 Å². The third kappa shape index (κ3) is 4.10. The lowest BCUT2D eigenvalue weighted by Gasteiger charge is -2.36. The molecule has 1 aliphatic heterocycles. The number of anilines is 1. The van der Waals surface area contributed by atoms with Crippen molar-refractivity contribution >= 4 is 44.6 Å². The van der Waals surface area contributed by atoms with Gasteiger partial charge in [-0.1, -0.05) is 26.3 Å². The molecule has 1 amide bonds. The average Bonchev–Trinajstić information content (AvgIpc) is 3.44. The zero-order valence-electron chi connectivity index (χ0n) is 18.4. The molecule has 2 aliphatic rings. The topological polar surface area (TPSA) is 49.3 Å². The van der Waals surface area contributed by atoms with Crippen LogP contribution < -0.4 is 4.90 Å². The van der Waals surface area contributed by atoms with Crippen molar-refractivity contribution in [3.05, 3.63) is 38.7 Å². The van der Waals surface area contributed by atoms with Crippen LogP contribution in [0.5, 0.6) is 0 Å². The second kappa shape index (κ2) is 8.87. The molecular weight excluding hydrogens is 424 g/mol. The fourth-order valence-electron chi connectivity index (χ4n) is 4.72. The molecule has 1 atom stereocenters. The Morgan fingerprint density at radius 1 is 1.23 bits per heavy atom. The van der Waals surface area contributed by atoms with Crippen LogP contribution in [0.15, 0.2) is 17.5 Å². The smallest absolute Gasteiger partial charge is 0.264 e. The summed E-state index contributed by atoms with van der Waals surface area (Å²) in [4.78, 5) is 30.8. The molecule has 0 aromatic carbocycles. The standard InChI is InChI=1S/C24H30N4OS2/c1-3-4-7-20-25-22(21-17-9-8-16(2)15-19(17)31-23(21)26-20)27-10-12-28(13-11-27)24(29)18-6-5-14-30-18/h5-6,14,16H,3-4,7-13,15H2,1-2H3/t16-/m0/s1. The lowest BCUT2D eigenvalue weighted by atomic mass is 9.89. The Balaban J connectivity index is 1.45. The summed E-state index contributed by atoms with van der Waals surface area (Å²) in [6.45, 7) is 7.73. The summed E-state index contributed by atoms with van der Waals surface area (Å²) in [7, 11) is 0. The van der Waals surface area contributed by atoms with Gasteiger partial charge in [-0.3, -0.25) is 4.79 Å². The Labute approximate surface area is 192 Å². The van der Waals surface area contributed by atoms with Crippen LogP contribution in [0.1, 0.15) is 59.0 Å². The molecule has 7 heteroatoms. The van der Waals surface area contributed by atoms with Gasteiger partial charge in [0.05, 0.1) is 10.3 Å². The number of unbranched alkanes of at least 4 members (excludes halogenated alkanes) is 1. The monoisotopic (exact) mass is 454 g/mol. The zero-order chi connectivity index (χ0) is 21.4. The van der Waals surface area contributed by atoms with E-state index in [0.29, 0.717) is 0 Å². The third-order valence-electron chi connectivity index (χ3n) is 6.53. The number of amides is 1. The summed E-state index contributed by atoms with van der Waals surface area (Å²) >= 11 is 3.42. The number of nitrogens with zero attached hydrogens (tertiary/aromatic N) is 4. The Kier molecular flexibility index (Phi) is 5.97. The van der Waals surface area contributed by atoms with Gasteiger partial charge in [0.2, 0.25) is 0 Å². The molecule has 1 saturated heterocycles. The molecule has 0 bridgehead atoms. The van der Waals surface area contributed by atoms with E-state index in [1.54, 1.807) is 0 Å². The first-order valence-electron chi connectivity index (χ1n) is 11.5. The van der Waals surface area contributed by atoms with Gasteiger partial charge in [0.15, 0.2) is 0 Å². The minimum Gasteiger partial charge on any atom is -0.352 e. The minimum atomic E-state index is 0.160. The van der Waals surface area contributed by atoms with Crippen LogP contribution in [0, 0.1) is 5.92 Å². The molecule has 0 spiro atoms. The molecule has 3 aromatic rings. The van der Waals surface area contributed by atoms with Crippen molar-refractivity contribution < 1.29 is 4.79 Å². The van der Waals surface area contributed by atoms with Crippen LogP contribution in [-0.2, 0) is 19.3 Å². The molecule has 3 aromatic heterocycles. The highest BCUT2D eigenvalue weighted by atomic mass is 32.1. The maximum Gasteiger partial charge on any atom is 0.264 e. The SMILES string of the molecule is CCCCc1nc(N2CCN(C(=O)c3cccs3)CC2)c2c3c(sc2n1)C[C@@H](C)CC3. The van der Waals surface area contributed by atoms with Gasteiger partial charge in [-0.15, -0.1) is 22.7 Å². The average molecular weight is 455 g/mol. The van der Waals surface area contributed by atoms with Gasteiger partial charge >= 0.3 is 0 Å². The number of hydrogen-bond donors (Lipinski definition) is 0. The van der Waals surface area contributed by atoms with Crippen molar-refractivity contribution in [3.8, 4) is 0 Å². The minimum absolute atomic E-state index is 0.160. The van der Waals surface area contributed by atoms with E-state index < -0.39 is 0 Å². The zero-order valence-corrected chi connectivity index (χ0v) is 20.0. The summed E-state index contributed by atoms with van der Waals surface area (Å²) in [6.07, 6.45) is 6.77. The highest BCUT2D eigenvalue weighted by Gasteiger charge is 2.29. The maximum absolute atomic E-state index is 12.8. The fraction of sp³-hybridized carbons (Fsp3) is 0.542. The summed E-state index contributed by atoms with van der Waals surface area (Å²) in [6, 6.07) is 3.87. The number of piperazine rings is 1. The molecule has 0 saturated carbocycles. The predicted molar refractivity (Wildman–Crippen MR) is 130 cm³/mol. The van der Waals surface area contributed by atoms with Crippen molar-refractivity contribution in [2.45, 2.75) is 52.4 Å². The number of rotatable bonds is 5. The van der Waals surface area contributed by atoms with E-state index in [4.69, 9.17) is 9.97 Å². The Hall–Kier alpha value is -1.99. The molecule has 5 nitrogen and oxygen atoms in total. The second-order valence-corrected chi connectivity index (χ2v) is 10.9. The number of aromatic nitrogens is 2. The van der Waals surface area contributed by atoms with Crippen LogP contribution in [0.3, 0.4) is 0 Å². The van der Waals surface area contributed by atoms with E-state index in [1.807, 2.05) is 33.7 Å². The second-order valence-electron chi connectivity index (χ2n) is 8.86. The maximum atomic E-state index is 12.8. The van der Waals surface area contributed by atoms with Crippen molar-refractivity contribution in [1.29, 1.82) is 0 Å². The van der Waals surface area contributed by atoms with Crippen LogP contribution >= 0.6 is 22.7 Å². The highest BCUT2D eigenvalue weighted by Crippen LogP contribution is 2.41. The first-order chi connectivity index (χ1) is 15.1. The fourth-order valence-corrected chi connectivity index (χ4v) is 6.81. The molecule has 0 unspecified atom stereocenters. The van der Waals surface area contributed by atoms with Crippen LogP contribution in [0.2, 0.25) is 0 Å². The molecule has 0 radical (unpaired) electrons. The number of carbonyl (C=O) groups is 1. The molecule has 1 aliphatic carbocycles. The van der Waals surface area contributed by atoms with Crippen LogP contribution in [0.25, 0.3) is 10.2 Å². The summed E-state index contributed by atoms with van der Waals surface area (Å²) in [5.74, 6) is 3.01. The van der Waals surface area contributed by atoms with E-state index in [2.05, 4.69) is 18.7 Å². The Morgan fingerprint density at radius 2 is 2.06 bits per heavy atom. The van der Waals surface area contributed by atoms with Crippen molar-refractivity contribution in [2.75, 3.05) is 31.1 Å². The number of carbonyl (C=O) groups excluding carboxylic acids is 1. The van der Waals surface area contributed by atoms with E-state index >= 15 is 0 Å². The van der Waals surface area contributed by atoms with Gasteiger partial charge in [-0.05, 0) is 48.6 Å². The molecule has 0 N–H and O–H groups in total. The number of aryl methyl sites for hydroxylation is 2. The summed E-state index contributed by atoms with van der Waals surface area (Å²) in [5.41, 5.74) is 1.49. The van der Waals surface area contributed by atoms with E-state index in [0.717, 1.165) is 74.3 Å². The molecule has 164 valence electrons. The summed E-state index contributed by atoms with van der Waals surface area (Å²) in [5, 5.41) is 3.27. The van der Waals surface area contributed by atoms with Gasteiger partial charge < -0.3 is 9.80 Å². The van der Waals surface area contributed by atoms with Gasteiger partial charge in [0, 0.05) is 37.5 Å². The number of thiophene rings is 2. The van der Waals surface area contributed by atoms with Gasteiger partial charge in [0.1, 0.15) is 16.5 Å². The quantitative estimate of drug-likeness (QED) is 0.533. The van der Waals surface area contributed by atoms with E-state index in [1.165, 1.54) is 44.8 Å². The van der Waals surface area contributed by atoms with E-state index in [-0.39, 0.29) is 5.91 Å². The molecule has 1 fully saturated rings.